The number of rotatable bonds is 8. The molecule has 0 aromatic heterocycles. The number of carbonyl (C=O) groups excluding carboxylic acids is 2. The van der Waals surface area contributed by atoms with Gasteiger partial charge in [0.2, 0.25) is 11.8 Å². The Hall–Kier alpha value is -1.34. The highest BCUT2D eigenvalue weighted by Crippen LogP contribution is 2.25. The minimum absolute atomic E-state index is 0.0697. The molecule has 1 aliphatic heterocycles. The van der Waals surface area contributed by atoms with Gasteiger partial charge in [-0.15, -0.1) is 0 Å². The summed E-state index contributed by atoms with van der Waals surface area (Å²) in [6, 6.07) is 4.97. The summed E-state index contributed by atoms with van der Waals surface area (Å²) >= 11 is 12.0. The standard InChI is InChI=1S/C18H26Cl2N4O2/c1-2-3-6-21-17(25)12-23-7-9-24(10-8-23)13-18(26)22-16-11-14(19)4-5-15(16)20/h4-5,11H,2-3,6-10,12-13H2,1H3,(H,21,25)(H,22,26). The lowest BCUT2D eigenvalue weighted by Gasteiger charge is -2.33. The van der Waals surface area contributed by atoms with Crippen LogP contribution in [-0.2, 0) is 9.59 Å². The van der Waals surface area contributed by atoms with Crippen LogP contribution in [0, 0.1) is 0 Å². The Morgan fingerprint density at radius 2 is 1.65 bits per heavy atom. The van der Waals surface area contributed by atoms with Gasteiger partial charge in [0.25, 0.3) is 0 Å². The molecule has 0 atom stereocenters. The maximum atomic E-state index is 12.2. The van der Waals surface area contributed by atoms with Gasteiger partial charge in [0.05, 0.1) is 23.8 Å². The van der Waals surface area contributed by atoms with Crippen LogP contribution in [0.25, 0.3) is 0 Å². The van der Waals surface area contributed by atoms with E-state index in [-0.39, 0.29) is 11.8 Å². The molecule has 0 saturated carbocycles. The van der Waals surface area contributed by atoms with E-state index in [0.29, 0.717) is 28.8 Å². The number of benzene rings is 1. The van der Waals surface area contributed by atoms with E-state index in [9.17, 15) is 9.59 Å². The highest BCUT2D eigenvalue weighted by Gasteiger charge is 2.20. The fourth-order valence-electron chi connectivity index (χ4n) is 2.76. The van der Waals surface area contributed by atoms with Crippen LogP contribution < -0.4 is 10.6 Å². The van der Waals surface area contributed by atoms with Crippen LogP contribution in [0.1, 0.15) is 19.8 Å². The third-order valence-corrected chi connectivity index (χ3v) is 4.82. The van der Waals surface area contributed by atoms with Crippen LogP contribution in [0.4, 0.5) is 5.69 Å². The van der Waals surface area contributed by atoms with Crippen molar-refractivity contribution < 1.29 is 9.59 Å². The maximum Gasteiger partial charge on any atom is 0.238 e. The molecular weight excluding hydrogens is 375 g/mol. The van der Waals surface area contributed by atoms with Crippen molar-refractivity contribution in [3.63, 3.8) is 0 Å². The Bertz CT molecular complexity index is 619. The first-order valence-electron chi connectivity index (χ1n) is 8.94. The number of piperazine rings is 1. The molecule has 0 aliphatic carbocycles. The zero-order valence-electron chi connectivity index (χ0n) is 15.1. The van der Waals surface area contributed by atoms with Crippen LogP contribution in [0.3, 0.4) is 0 Å². The van der Waals surface area contributed by atoms with Crippen molar-refractivity contribution in [1.29, 1.82) is 0 Å². The average molecular weight is 401 g/mol. The summed E-state index contributed by atoms with van der Waals surface area (Å²) in [6.07, 6.45) is 2.08. The molecule has 26 heavy (non-hydrogen) atoms. The summed E-state index contributed by atoms with van der Waals surface area (Å²) in [5, 5.41) is 6.71. The zero-order chi connectivity index (χ0) is 18.9. The Kier molecular flexibility index (Phi) is 8.65. The van der Waals surface area contributed by atoms with E-state index in [1.165, 1.54) is 0 Å². The van der Waals surface area contributed by atoms with Crippen molar-refractivity contribution in [2.75, 3.05) is 51.1 Å². The van der Waals surface area contributed by atoms with Gasteiger partial charge >= 0.3 is 0 Å². The molecule has 1 saturated heterocycles. The molecule has 1 heterocycles. The van der Waals surface area contributed by atoms with Gasteiger partial charge in [0.1, 0.15) is 0 Å². The van der Waals surface area contributed by atoms with Crippen molar-refractivity contribution in [3.05, 3.63) is 28.2 Å². The van der Waals surface area contributed by atoms with Crippen LogP contribution in [0.5, 0.6) is 0 Å². The summed E-state index contributed by atoms with van der Waals surface area (Å²) in [5.41, 5.74) is 0.520. The molecule has 8 heteroatoms. The molecule has 2 rings (SSSR count). The first-order valence-corrected chi connectivity index (χ1v) is 9.70. The van der Waals surface area contributed by atoms with Crippen LogP contribution in [0.2, 0.25) is 10.0 Å². The van der Waals surface area contributed by atoms with E-state index in [1.807, 2.05) is 0 Å². The van der Waals surface area contributed by atoms with E-state index < -0.39 is 0 Å². The van der Waals surface area contributed by atoms with Gasteiger partial charge in [-0.1, -0.05) is 36.5 Å². The van der Waals surface area contributed by atoms with Crippen LogP contribution >= 0.6 is 23.2 Å². The number of unbranched alkanes of at least 4 members (excludes halogenated alkanes) is 1. The summed E-state index contributed by atoms with van der Waals surface area (Å²) in [6.45, 7) is 6.58. The molecule has 1 fully saturated rings. The fourth-order valence-corrected chi connectivity index (χ4v) is 3.09. The van der Waals surface area contributed by atoms with Gasteiger partial charge in [-0.3, -0.25) is 19.4 Å². The SMILES string of the molecule is CCCCNC(=O)CN1CCN(CC(=O)Nc2cc(Cl)ccc2Cl)CC1. The monoisotopic (exact) mass is 400 g/mol. The maximum absolute atomic E-state index is 12.2. The summed E-state index contributed by atoms with van der Waals surface area (Å²) in [4.78, 5) is 28.3. The van der Waals surface area contributed by atoms with Crippen molar-refractivity contribution >= 4 is 40.7 Å². The predicted octanol–water partition coefficient (Wildman–Crippen LogP) is 2.47. The molecule has 144 valence electrons. The number of nitrogens with zero attached hydrogens (tertiary/aromatic N) is 2. The molecule has 1 aromatic rings. The van der Waals surface area contributed by atoms with Gasteiger partial charge in [-0.25, -0.2) is 0 Å². The Morgan fingerprint density at radius 3 is 2.27 bits per heavy atom. The minimum atomic E-state index is -0.125. The van der Waals surface area contributed by atoms with E-state index in [2.05, 4.69) is 27.4 Å². The Balaban J connectivity index is 1.70. The van der Waals surface area contributed by atoms with Gasteiger partial charge in [0, 0.05) is 37.7 Å². The topological polar surface area (TPSA) is 64.7 Å². The third-order valence-electron chi connectivity index (χ3n) is 4.25. The number of hydrogen-bond donors (Lipinski definition) is 2. The second kappa shape index (κ2) is 10.7. The van der Waals surface area contributed by atoms with Gasteiger partial charge in [-0.05, 0) is 24.6 Å². The summed E-state index contributed by atoms with van der Waals surface area (Å²) in [7, 11) is 0. The Labute approximate surface area is 164 Å². The third kappa shape index (κ3) is 7.11. The molecule has 1 aliphatic rings. The first kappa shape index (κ1) is 21.0. The first-order chi connectivity index (χ1) is 12.5. The van der Waals surface area contributed by atoms with Gasteiger partial charge in [0.15, 0.2) is 0 Å². The minimum Gasteiger partial charge on any atom is -0.355 e. The van der Waals surface area contributed by atoms with Crippen LogP contribution in [-0.4, -0.2) is 67.4 Å². The second-order valence-corrected chi connectivity index (χ2v) is 7.27. The quantitative estimate of drug-likeness (QED) is 0.657. The highest BCUT2D eigenvalue weighted by atomic mass is 35.5. The molecule has 1 aromatic carbocycles. The highest BCUT2D eigenvalue weighted by molar-refractivity contribution is 6.35. The van der Waals surface area contributed by atoms with E-state index in [4.69, 9.17) is 23.2 Å². The molecule has 0 spiro atoms. The molecule has 0 bridgehead atoms. The van der Waals surface area contributed by atoms with E-state index in [1.54, 1.807) is 18.2 Å². The van der Waals surface area contributed by atoms with Crippen molar-refractivity contribution in [3.8, 4) is 0 Å². The molecule has 0 radical (unpaired) electrons. The number of anilines is 1. The molecule has 2 amide bonds. The van der Waals surface area contributed by atoms with Crippen LogP contribution in [0.15, 0.2) is 18.2 Å². The number of carbonyl (C=O) groups is 2. The lowest BCUT2D eigenvalue weighted by molar-refractivity contribution is -0.123. The Morgan fingerprint density at radius 1 is 1.04 bits per heavy atom. The number of halogens is 2. The average Bonchev–Trinajstić information content (AvgIpc) is 2.60. The van der Waals surface area contributed by atoms with Crippen molar-refractivity contribution in [1.82, 2.24) is 15.1 Å². The summed E-state index contributed by atoms with van der Waals surface area (Å²) in [5.74, 6) is -0.0554. The molecule has 0 unspecified atom stereocenters. The largest absolute Gasteiger partial charge is 0.355 e. The van der Waals surface area contributed by atoms with Crippen molar-refractivity contribution in [2.24, 2.45) is 0 Å². The second-order valence-electron chi connectivity index (χ2n) is 6.43. The van der Waals surface area contributed by atoms with Gasteiger partial charge in [-0.2, -0.15) is 0 Å². The predicted molar refractivity (Wildman–Crippen MR) is 106 cm³/mol. The molecular formula is C18H26Cl2N4O2. The summed E-state index contributed by atoms with van der Waals surface area (Å²) < 4.78 is 0. The van der Waals surface area contributed by atoms with E-state index >= 15 is 0 Å². The van der Waals surface area contributed by atoms with E-state index in [0.717, 1.165) is 45.6 Å². The normalized spacial score (nSPS) is 15.7. The molecule has 6 nitrogen and oxygen atoms in total. The zero-order valence-corrected chi connectivity index (χ0v) is 16.6. The lowest BCUT2D eigenvalue weighted by atomic mass is 10.3. The fraction of sp³-hybridized carbons (Fsp3) is 0.556. The number of nitrogens with one attached hydrogen (secondary N) is 2. The number of amides is 2. The van der Waals surface area contributed by atoms with Crippen molar-refractivity contribution in [2.45, 2.75) is 19.8 Å². The molecule has 2 N–H and O–H groups in total. The lowest BCUT2D eigenvalue weighted by Crippen LogP contribution is -2.51. The number of hydrogen-bond acceptors (Lipinski definition) is 4. The smallest absolute Gasteiger partial charge is 0.238 e. The van der Waals surface area contributed by atoms with Gasteiger partial charge < -0.3 is 10.6 Å².